The maximum Gasteiger partial charge on any atom is 0.391 e. The van der Waals surface area contributed by atoms with Gasteiger partial charge in [-0.2, -0.15) is 13.2 Å². The molecule has 0 aromatic heterocycles. The molecule has 0 bridgehead atoms. The molecule has 1 aliphatic carbocycles. The van der Waals surface area contributed by atoms with Crippen molar-refractivity contribution in [3.8, 4) is 0 Å². The van der Waals surface area contributed by atoms with Gasteiger partial charge in [-0.05, 0) is 55.7 Å². The monoisotopic (exact) mass is 426 g/mol. The van der Waals surface area contributed by atoms with Gasteiger partial charge in [0.1, 0.15) is 0 Å². The fraction of sp³-hybridized carbons (Fsp3) is 0.350. The van der Waals surface area contributed by atoms with Crippen LogP contribution in [0.4, 0.5) is 18.9 Å². The van der Waals surface area contributed by atoms with E-state index in [1.165, 1.54) is 36.4 Å². The number of carbonyl (C=O) groups excluding carboxylic acids is 1. The van der Waals surface area contributed by atoms with Crippen molar-refractivity contribution in [3.63, 3.8) is 0 Å². The average molecular weight is 426 g/mol. The highest BCUT2D eigenvalue weighted by atomic mass is 32.2. The summed E-state index contributed by atoms with van der Waals surface area (Å²) in [6, 6.07) is 13.1. The number of amides is 1. The fourth-order valence-electron chi connectivity index (χ4n) is 3.39. The summed E-state index contributed by atoms with van der Waals surface area (Å²) in [4.78, 5) is 12.5. The Bertz CT molecular complexity index is 945. The molecule has 0 heterocycles. The summed E-state index contributed by atoms with van der Waals surface area (Å²) in [6.07, 6.45) is -3.36. The Hall–Kier alpha value is -2.55. The van der Waals surface area contributed by atoms with Crippen LogP contribution in [0.1, 0.15) is 36.0 Å². The number of alkyl halides is 3. The number of anilines is 1. The zero-order chi connectivity index (χ0) is 21.1. The lowest BCUT2D eigenvalue weighted by molar-refractivity contribution is -0.183. The first-order valence-corrected chi connectivity index (χ1v) is 10.7. The van der Waals surface area contributed by atoms with Gasteiger partial charge in [0.05, 0.1) is 10.8 Å². The van der Waals surface area contributed by atoms with Gasteiger partial charge in [0, 0.05) is 17.3 Å². The van der Waals surface area contributed by atoms with Crippen molar-refractivity contribution in [1.82, 2.24) is 5.32 Å². The Morgan fingerprint density at radius 3 is 2.24 bits per heavy atom. The summed E-state index contributed by atoms with van der Waals surface area (Å²) in [6.45, 7) is 0. The predicted octanol–water partition coefficient (Wildman–Crippen LogP) is 4.34. The summed E-state index contributed by atoms with van der Waals surface area (Å²) in [7, 11) is -3.75. The molecule has 1 fully saturated rings. The van der Waals surface area contributed by atoms with Crippen LogP contribution in [-0.4, -0.2) is 26.5 Å². The lowest BCUT2D eigenvalue weighted by Crippen LogP contribution is -2.41. The van der Waals surface area contributed by atoms with E-state index in [1.54, 1.807) is 18.2 Å². The normalized spacial score (nSPS) is 20.1. The Kier molecular flexibility index (Phi) is 6.16. The van der Waals surface area contributed by atoms with Gasteiger partial charge in [0.15, 0.2) is 0 Å². The number of benzene rings is 2. The lowest BCUT2D eigenvalue weighted by Gasteiger charge is -2.31. The highest BCUT2D eigenvalue weighted by Crippen LogP contribution is 2.37. The van der Waals surface area contributed by atoms with Crippen molar-refractivity contribution < 1.29 is 26.4 Å². The third-order valence-corrected chi connectivity index (χ3v) is 6.32. The number of hydrogen-bond acceptors (Lipinski definition) is 3. The van der Waals surface area contributed by atoms with E-state index in [1.807, 2.05) is 0 Å². The number of halogens is 3. The molecule has 2 aromatic carbocycles. The van der Waals surface area contributed by atoms with Crippen LogP contribution < -0.4 is 10.0 Å². The second-order valence-corrected chi connectivity index (χ2v) is 8.75. The molecule has 9 heteroatoms. The largest absolute Gasteiger partial charge is 0.391 e. The number of sulfonamides is 1. The molecule has 2 N–H and O–H groups in total. The van der Waals surface area contributed by atoms with Gasteiger partial charge in [0.25, 0.3) is 15.9 Å². The predicted molar refractivity (Wildman–Crippen MR) is 103 cm³/mol. The second-order valence-electron chi connectivity index (χ2n) is 7.07. The van der Waals surface area contributed by atoms with E-state index in [-0.39, 0.29) is 29.0 Å². The topological polar surface area (TPSA) is 75.3 Å². The molecule has 1 aliphatic rings. The van der Waals surface area contributed by atoms with Crippen LogP contribution in [0.2, 0.25) is 0 Å². The van der Waals surface area contributed by atoms with Crippen molar-refractivity contribution in [1.29, 1.82) is 0 Å². The first kappa shape index (κ1) is 21.2. The molecule has 0 spiro atoms. The van der Waals surface area contributed by atoms with Gasteiger partial charge >= 0.3 is 6.18 Å². The van der Waals surface area contributed by atoms with Crippen LogP contribution in [0.15, 0.2) is 59.5 Å². The summed E-state index contributed by atoms with van der Waals surface area (Å²) in [5.41, 5.74) is 0.530. The molecular weight excluding hydrogens is 405 g/mol. The van der Waals surface area contributed by atoms with Crippen molar-refractivity contribution >= 4 is 21.6 Å². The smallest absolute Gasteiger partial charge is 0.349 e. The molecule has 2 unspecified atom stereocenters. The number of carbonyl (C=O) groups is 1. The van der Waals surface area contributed by atoms with Crippen molar-refractivity contribution in [2.24, 2.45) is 5.92 Å². The Labute approximate surface area is 167 Å². The van der Waals surface area contributed by atoms with E-state index in [0.717, 1.165) is 0 Å². The summed E-state index contributed by atoms with van der Waals surface area (Å²) in [5.74, 6) is -1.87. The van der Waals surface area contributed by atoms with Gasteiger partial charge < -0.3 is 5.32 Å². The van der Waals surface area contributed by atoms with Crippen LogP contribution >= 0.6 is 0 Å². The van der Waals surface area contributed by atoms with Gasteiger partial charge in [-0.3, -0.25) is 9.52 Å². The molecule has 1 amide bonds. The molecule has 29 heavy (non-hydrogen) atoms. The summed E-state index contributed by atoms with van der Waals surface area (Å²) in [5, 5.41) is 2.65. The quantitative estimate of drug-likeness (QED) is 0.747. The molecule has 3 rings (SSSR count). The maximum atomic E-state index is 12.9. The standard InChI is InChI=1S/C20H21F3N2O3S/c21-20(22,23)15-5-4-6-17(13-15)24-19(26)14-9-11-16(12-10-14)25-29(27,28)18-7-2-1-3-8-18/h1-3,7-12,15,17,25H,4-6,13H2,(H,24,26). The Morgan fingerprint density at radius 1 is 0.966 bits per heavy atom. The van der Waals surface area contributed by atoms with Crippen LogP contribution in [0, 0.1) is 5.92 Å². The van der Waals surface area contributed by atoms with Crippen molar-refractivity contribution in [2.75, 3.05) is 4.72 Å². The molecule has 5 nitrogen and oxygen atoms in total. The highest BCUT2D eigenvalue weighted by Gasteiger charge is 2.42. The van der Waals surface area contributed by atoms with E-state index in [9.17, 15) is 26.4 Å². The van der Waals surface area contributed by atoms with E-state index in [2.05, 4.69) is 10.0 Å². The maximum absolute atomic E-state index is 12.9. The third-order valence-electron chi connectivity index (χ3n) is 4.93. The van der Waals surface area contributed by atoms with Gasteiger partial charge in [-0.1, -0.05) is 24.6 Å². The molecule has 2 aromatic rings. The SMILES string of the molecule is O=C(NC1CCCC(C(F)(F)F)C1)c1ccc(NS(=O)(=O)c2ccccc2)cc1. The Balaban J connectivity index is 1.62. The second kappa shape index (κ2) is 8.44. The molecule has 2 atom stereocenters. The van der Waals surface area contributed by atoms with E-state index >= 15 is 0 Å². The zero-order valence-electron chi connectivity index (χ0n) is 15.4. The minimum atomic E-state index is -4.25. The summed E-state index contributed by atoms with van der Waals surface area (Å²) >= 11 is 0. The third kappa shape index (κ3) is 5.50. The molecule has 1 saturated carbocycles. The van der Waals surface area contributed by atoms with E-state index in [4.69, 9.17) is 0 Å². The lowest BCUT2D eigenvalue weighted by atomic mass is 9.85. The van der Waals surface area contributed by atoms with E-state index in [0.29, 0.717) is 12.8 Å². The molecule has 0 aliphatic heterocycles. The molecule has 156 valence electrons. The number of rotatable bonds is 5. The van der Waals surface area contributed by atoms with Crippen LogP contribution in [0.5, 0.6) is 0 Å². The Morgan fingerprint density at radius 2 is 1.62 bits per heavy atom. The van der Waals surface area contributed by atoms with Crippen molar-refractivity contribution in [2.45, 2.75) is 42.8 Å². The average Bonchev–Trinajstić information content (AvgIpc) is 2.68. The van der Waals surface area contributed by atoms with Crippen LogP contribution in [-0.2, 0) is 10.0 Å². The number of nitrogens with one attached hydrogen (secondary N) is 2. The molecular formula is C20H21F3N2O3S. The minimum absolute atomic E-state index is 0.0894. The zero-order valence-corrected chi connectivity index (χ0v) is 16.3. The molecule has 0 radical (unpaired) electrons. The first-order valence-electron chi connectivity index (χ1n) is 9.21. The van der Waals surface area contributed by atoms with E-state index < -0.39 is 34.1 Å². The fourth-order valence-corrected chi connectivity index (χ4v) is 4.47. The van der Waals surface area contributed by atoms with Gasteiger partial charge in [0.2, 0.25) is 0 Å². The minimum Gasteiger partial charge on any atom is -0.349 e. The number of hydrogen-bond donors (Lipinski definition) is 2. The summed E-state index contributed by atoms with van der Waals surface area (Å²) < 4.78 is 65.8. The van der Waals surface area contributed by atoms with Gasteiger partial charge in [-0.25, -0.2) is 8.42 Å². The highest BCUT2D eigenvalue weighted by molar-refractivity contribution is 7.92. The first-order chi connectivity index (χ1) is 13.6. The van der Waals surface area contributed by atoms with Crippen molar-refractivity contribution in [3.05, 3.63) is 60.2 Å². The van der Waals surface area contributed by atoms with Crippen LogP contribution in [0.25, 0.3) is 0 Å². The molecule has 0 saturated heterocycles. The van der Waals surface area contributed by atoms with Gasteiger partial charge in [-0.15, -0.1) is 0 Å². The van der Waals surface area contributed by atoms with Crippen LogP contribution in [0.3, 0.4) is 0 Å².